The number of hydrogen-bond donors (Lipinski definition) is 1. The molecule has 1 atom stereocenters. The smallest absolute Gasteiger partial charge is 0.346 e. The van der Waals surface area contributed by atoms with Gasteiger partial charge < -0.3 is 10.1 Å². The highest BCUT2D eigenvalue weighted by Gasteiger charge is 2.28. The van der Waals surface area contributed by atoms with Crippen molar-refractivity contribution in [2.45, 2.75) is 38.3 Å². The van der Waals surface area contributed by atoms with Crippen molar-refractivity contribution in [2.24, 2.45) is 0 Å². The number of fused-ring (bicyclic) bond motifs is 1. The molecule has 0 saturated carbocycles. The van der Waals surface area contributed by atoms with Crippen LogP contribution in [-0.4, -0.2) is 40.5 Å². The molecule has 1 aromatic carbocycles. The van der Waals surface area contributed by atoms with Crippen molar-refractivity contribution in [2.75, 3.05) is 20.3 Å². The lowest BCUT2D eigenvalue weighted by Crippen LogP contribution is -2.39. The minimum atomic E-state index is -0.571. The van der Waals surface area contributed by atoms with Gasteiger partial charge in [-0.05, 0) is 30.5 Å². The van der Waals surface area contributed by atoms with E-state index in [1.54, 1.807) is 19.2 Å². The number of hydrogen-bond acceptors (Lipinski definition) is 4. The summed E-state index contributed by atoms with van der Waals surface area (Å²) in [5.74, 6) is 0.0557. The lowest BCUT2D eigenvalue weighted by molar-refractivity contribution is -0.124. The van der Waals surface area contributed by atoms with E-state index in [0.29, 0.717) is 37.4 Å². The molecule has 2 heterocycles. The number of aromatic nitrogens is 3. The highest BCUT2D eigenvalue weighted by molar-refractivity contribution is 5.80. The van der Waals surface area contributed by atoms with Crippen LogP contribution in [-0.2, 0) is 22.5 Å². The summed E-state index contributed by atoms with van der Waals surface area (Å²) in [5, 5.41) is 7.21. The second-order valence-corrected chi connectivity index (χ2v) is 6.40. The van der Waals surface area contributed by atoms with Gasteiger partial charge in [-0.1, -0.05) is 18.6 Å². The van der Waals surface area contributed by atoms with Crippen LogP contribution in [0.15, 0.2) is 29.1 Å². The van der Waals surface area contributed by atoms with E-state index in [0.717, 1.165) is 12.8 Å². The van der Waals surface area contributed by atoms with Crippen molar-refractivity contribution >= 4 is 5.91 Å². The number of carbonyl (C=O) groups excluding carboxylic acids is 1. The number of aryl methyl sites for hydroxylation is 1. The highest BCUT2D eigenvalue weighted by atomic mass is 19.1. The molecule has 0 aliphatic carbocycles. The van der Waals surface area contributed by atoms with Gasteiger partial charge in [-0.25, -0.2) is 13.9 Å². The maximum atomic E-state index is 13.4. The summed E-state index contributed by atoms with van der Waals surface area (Å²) in [6.07, 6.45) is 2.97. The number of benzene rings is 1. The molecule has 8 heteroatoms. The van der Waals surface area contributed by atoms with Crippen LogP contribution in [0.25, 0.3) is 0 Å². The van der Waals surface area contributed by atoms with E-state index in [2.05, 4.69) is 10.4 Å². The topological polar surface area (TPSA) is 78.2 Å². The van der Waals surface area contributed by atoms with Crippen LogP contribution in [0, 0.1) is 5.82 Å². The predicted molar refractivity (Wildman–Crippen MR) is 93.5 cm³/mol. The molecule has 0 fully saturated rings. The Kier molecular flexibility index (Phi) is 5.82. The van der Waals surface area contributed by atoms with Crippen LogP contribution in [0.4, 0.5) is 4.39 Å². The van der Waals surface area contributed by atoms with Crippen LogP contribution < -0.4 is 11.0 Å². The highest BCUT2D eigenvalue weighted by Crippen LogP contribution is 2.21. The Morgan fingerprint density at radius 2 is 2.27 bits per heavy atom. The first-order chi connectivity index (χ1) is 12.6. The van der Waals surface area contributed by atoms with Gasteiger partial charge in [-0.15, -0.1) is 0 Å². The molecular formula is C18H23FN4O3. The zero-order chi connectivity index (χ0) is 18.5. The van der Waals surface area contributed by atoms with Crippen LogP contribution in [0.5, 0.6) is 0 Å². The minimum Gasteiger partial charge on any atom is -0.383 e. The lowest BCUT2D eigenvalue weighted by Gasteiger charge is -2.16. The number of ether oxygens (including phenoxy) is 1. The Hall–Kier alpha value is -2.48. The second-order valence-electron chi connectivity index (χ2n) is 6.40. The van der Waals surface area contributed by atoms with Crippen LogP contribution in [0.2, 0.25) is 0 Å². The molecule has 1 N–H and O–H groups in total. The van der Waals surface area contributed by atoms with Crippen molar-refractivity contribution < 1.29 is 13.9 Å². The number of halogens is 1. The van der Waals surface area contributed by atoms with Crippen LogP contribution >= 0.6 is 0 Å². The normalized spacial score (nSPS) is 16.8. The first kappa shape index (κ1) is 18.3. The van der Waals surface area contributed by atoms with E-state index in [9.17, 15) is 14.0 Å². The van der Waals surface area contributed by atoms with Crippen LogP contribution in [0.3, 0.4) is 0 Å². The lowest BCUT2D eigenvalue weighted by atomic mass is 10.1. The van der Waals surface area contributed by atoms with Crippen molar-refractivity contribution in [1.82, 2.24) is 19.7 Å². The molecule has 3 rings (SSSR count). The molecule has 26 heavy (non-hydrogen) atoms. The molecule has 0 spiro atoms. The van der Waals surface area contributed by atoms with E-state index in [-0.39, 0.29) is 24.0 Å². The van der Waals surface area contributed by atoms with E-state index in [1.165, 1.54) is 21.4 Å². The van der Waals surface area contributed by atoms with Gasteiger partial charge in [-0.2, -0.15) is 5.10 Å². The average molecular weight is 362 g/mol. The van der Waals surface area contributed by atoms with E-state index < -0.39 is 6.04 Å². The summed E-state index contributed by atoms with van der Waals surface area (Å²) < 4.78 is 21.1. The van der Waals surface area contributed by atoms with Crippen LogP contribution in [0.1, 0.15) is 36.7 Å². The monoisotopic (exact) mass is 362 g/mol. The maximum Gasteiger partial charge on any atom is 0.346 e. The van der Waals surface area contributed by atoms with Crippen molar-refractivity contribution in [3.05, 3.63) is 52.0 Å². The number of carbonyl (C=O) groups is 1. The van der Waals surface area contributed by atoms with Crippen molar-refractivity contribution in [1.29, 1.82) is 0 Å². The molecule has 0 bridgehead atoms. The Morgan fingerprint density at radius 1 is 1.42 bits per heavy atom. The zero-order valence-corrected chi connectivity index (χ0v) is 14.8. The molecule has 7 nitrogen and oxygen atoms in total. The zero-order valence-electron chi connectivity index (χ0n) is 14.8. The molecule has 1 aromatic heterocycles. The van der Waals surface area contributed by atoms with Gasteiger partial charge in [0, 0.05) is 20.1 Å². The molecular weight excluding hydrogens is 339 g/mol. The molecule has 1 unspecified atom stereocenters. The van der Waals surface area contributed by atoms with Gasteiger partial charge in [0.25, 0.3) is 0 Å². The third-order valence-corrected chi connectivity index (χ3v) is 4.51. The fraction of sp³-hybridized carbons (Fsp3) is 0.500. The van der Waals surface area contributed by atoms with E-state index >= 15 is 0 Å². The summed E-state index contributed by atoms with van der Waals surface area (Å²) >= 11 is 0. The molecule has 0 saturated heterocycles. The van der Waals surface area contributed by atoms with E-state index in [1.807, 2.05) is 0 Å². The summed E-state index contributed by atoms with van der Waals surface area (Å²) in [6.45, 7) is 0.987. The largest absolute Gasteiger partial charge is 0.383 e. The Bertz CT molecular complexity index is 830. The Morgan fingerprint density at radius 3 is 3.04 bits per heavy atom. The number of rotatable bonds is 6. The summed E-state index contributed by atoms with van der Waals surface area (Å²) in [4.78, 5) is 25.4. The molecule has 1 aliphatic rings. The molecule has 140 valence electrons. The average Bonchev–Trinajstić information content (AvgIpc) is 2.80. The molecule has 1 aliphatic heterocycles. The predicted octanol–water partition coefficient (Wildman–Crippen LogP) is 1.26. The van der Waals surface area contributed by atoms with E-state index in [4.69, 9.17) is 4.74 Å². The standard InChI is InChI=1S/C18H23FN4O3/c1-26-10-9-20-17(24)15-7-2-3-8-16-21-22(18(25)23(15)16)12-13-5-4-6-14(19)11-13/h4-6,11,15H,2-3,7-10,12H2,1H3,(H,20,24). The third-order valence-electron chi connectivity index (χ3n) is 4.51. The summed E-state index contributed by atoms with van der Waals surface area (Å²) in [6, 6.07) is 5.51. The quantitative estimate of drug-likeness (QED) is 0.785. The molecule has 0 radical (unpaired) electrons. The number of methoxy groups -OCH3 is 1. The fourth-order valence-corrected chi connectivity index (χ4v) is 3.25. The van der Waals surface area contributed by atoms with Gasteiger partial charge in [0.2, 0.25) is 5.91 Å². The van der Waals surface area contributed by atoms with Gasteiger partial charge in [0.15, 0.2) is 0 Å². The summed E-state index contributed by atoms with van der Waals surface area (Å²) in [5.41, 5.74) is 0.319. The van der Waals surface area contributed by atoms with Gasteiger partial charge in [0.05, 0.1) is 13.2 Å². The number of amides is 1. The SMILES string of the molecule is COCCNC(=O)C1CCCCc2nn(Cc3cccc(F)c3)c(=O)n21. The third kappa shape index (κ3) is 4.01. The first-order valence-electron chi connectivity index (χ1n) is 8.79. The Labute approximate surface area is 150 Å². The maximum absolute atomic E-state index is 13.4. The second kappa shape index (κ2) is 8.27. The van der Waals surface area contributed by atoms with Gasteiger partial charge >= 0.3 is 5.69 Å². The summed E-state index contributed by atoms with van der Waals surface area (Å²) in [7, 11) is 1.57. The number of nitrogens with zero attached hydrogens (tertiary/aromatic N) is 3. The first-order valence-corrected chi connectivity index (χ1v) is 8.79. The molecule has 2 aromatic rings. The van der Waals surface area contributed by atoms with Crippen molar-refractivity contribution in [3.63, 3.8) is 0 Å². The molecule has 1 amide bonds. The Balaban J connectivity index is 1.87. The number of nitrogens with one attached hydrogen (secondary N) is 1. The van der Waals surface area contributed by atoms with Gasteiger partial charge in [-0.3, -0.25) is 9.36 Å². The fourth-order valence-electron chi connectivity index (χ4n) is 3.25. The van der Waals surface area contributed by atoms with Crippen molar-refractivity contribution in [3.8, 4) is 0 Å². The minimum absolute atomic E-state index is 0.175. The van der Waals surface area contributed by atoms with Gasteiger partial charge in [0.1, 0.15) is 17.7 Å².